The summed E-state index contributed by atoms with van der Waals surface area (Å²) >= 11 is 0. The van der Waals surface area contributed by atoms with Gasteiger partial charge in [-0.15, -0.1) is 12.4 Å². The predicted octanol–water partition coefficient (Wildman–Crippen LogP) is 3.03. The Bertz CT molecular complexity index is 371. The number of halogens is 2. The first-order valence-corrected chi connectivity index (χ1v) is 6.79. The quantitative estimate of drug-likeness (QED) is 0.915. The van der Waals surface area contributed by atoms with E-state index in [0.717, 1.165) is 26.2 Å². The standard InChI is InChI=1S/C15H23FN2.ClH/c1-12-9-13(2)11-14(10-12)15(3-4-16)18-7-5-17-6-8-18;/h9-11,15,17H,3-8H2,1-2H3;1H/t15-;/m1./s1. The second kappa shape index (κ2) is 7.83. The summed E-state index contributed by atoms with van der Waals surface area (Å²) < 4.78 is 12.8. The van der Waals surface area contributed by atoms with Gasteiger partial charge in [0.1, 0.15) is 0 Å². The topological polar surface area (TPSA) is 15.3 Å². The summed E-state index contributed by atoms with van der Waals surface area (Å²) in [6.07, 6.45) is 0.600. The van der Waals surface area contributed by atoms with E-state index in [1.807, 2.05) is 0 Å². The molecule has 1 saturated heterocycles. The molecule has 108 valence electrons. The minimum atomic E-state index is -0.248. The van der Waals surface area contributed by atoms with Crippen LogP contribution in [-0.2, 0) is 0 Å². The van der Waals surface area contributed by atoms with Crippen LogP contribution in [0.15, 0.2) is 18.2 Å². The molecule has 1 aromatic rings. The number of nitrogens with one attached hydrogen (secondary N) is 1. The average Bonchev–Trinajstić information content (AvgIpc) is 2.36. The van der Waals surface area contributed by atoms with Crippen molar-refractivity contribution in [1.82, 2.24) is 10.2 Å². The Balaban J connectivity index is 0.00000180. The fourth-order valence-corrected chi connectivity index (χ4v) is 2.86. The van der Waals surface area contributed by atoms with Crippen LogP contribution >= 0.6 is 12.4 Å². The van der Waals surface area contributed by atoms with Crippen LogP contribution < -0.4 is 5.32 Å². The minimum Gasteiger partial charge on any atom is -0.314 e. The molecule has 1 aromatic carbocycles. The molecule has 1 fully saturated rings. The molecule has 4 heteroatoms. The zero-order valence-corrected chi connectivity index (χ0v) is 12.6. The lowest BCUT2D eigenvalue weighted by atomic mass is 9.97. The van der Waals surface area contributed by atoms with Crippen LogP contribution in [0.4, 0.5) is 4.39 Å². The molecular weight excluding hydrogens is 263 g/mol. The smallest absolute Gasteiger partial charge is 0.0912 e. The van der Waals surface area contributed by atoms with Crippen LogP contribution in [0.2, 0.25) is 0 Å². The molecule has 2 rings (SSSR count). The summed E-state index contributed by atoms with van der Waals surface area (Å²) in [5, 5.41) is 3.35. The van der Waals surface area contributed by atoms with Gasteiger partial charge in [0.25, 0.3) is 0 Å². The van der Waals surface area contributed by atoms with E-state index in [1.54, 1.807) is 0 Å². The molecule has 1 aliphatic rings. The second-order valence-electron chi connectivity index (χ2n) is 5.20. The molecule has 1 heterocycles. The lowest BCUT2D eigenvalue weighted by Gasteiger charge is -2.35. The third-order valence-electron chi connectivity index (χ3n) is 3.60. The first-order valence-electron chi connectivity index (χ1n) is 6.79. The summed E-state index contributed by atoms with van der Waals surface area (Å²) in [5.74, 6) is 0. The monoisotopic (exact) mass is 286 g/mol. The molecule has 0 spiro atoms. The van der Waals surface area contributed by atoms with Crippen molar-refractivity contribution in [3.63, 3.8) is 0 Å². The number of alkyl halides is 1. The summed E-state index contributed by atoms with van der Waals surface area (Å²) in [6, 6.07) is 6.81. The number of hydrogen-bond acceptors (Lipinski definition) is 2. The van der Waals surface area contributed by atoms with Crippen LogP contribution in [0.5, 0.6) is 0 Å². The van der Waals surface area contributed by atoms with Crippen molar-refractivity contribution in [2.24, 2.45) is 0 Å². The van der Waals surface area contributed by atoms with E-state index in [0.29, 0.717) is 6.42 Å². The number of piperazine rings is 1. The van der Waals surface area contributed by atoms with Crippen molar-refractivity contribution in [2.75, 3.05) is 32.9 Å². The van der Waals surface area contributed by atoms with Crippen LogP contribution in [-0.4, -0.2) is 37.8 Å². The molecule has 0 aliphatic carbocycles. The minimum absolute atomic E-state index is 0. The molecule has 19 heavy (non-hydrogen) atoms. The Morgan fingerprint density at radius 3 is 2.26 bits per heavy atom. The molecule has 1 aliphatic heterocycles. The molecule has 0 radical (unpaired) electrons. The van der Waals surface area contributed by atoms with Crippen molar-refractivity contribution >= 4 is 12.4 Å². The number of hydrogen-bond donors (Lipinski definition) is 1. The molecule has 0 saturated carbocycles. The Labute approximate surface area is 121 Å². The van der Waals surface area contributed by atoms with E-state index in [2.05, 4.69) is 42.3 Å². The highest BCUT2D eigenvalue weighted by Gasteiger charge is 2.22. The molecule has 0 amide bonds. The normalized spacial score (nSPS) is 17.8. The first kappa shape index (κ1) is 16.4. The van der Waals surface area contributed by atoms with Gasteiger partial charge in [0.2, 0.25) is 0 Å². The first-order chi connectivity index (χ1) is 8.70. The van der Waals surface area contributed by atoms with E-state index >= 15 is 0 Å². The maximum atomic E-state index is 12.8. The zero-order valence-electron chi connectivity index (χ0n) is 11.8. The highest BCUT2D eigenvalue weighted by atomic mass is 35.5. The van der Waals surface area contributed by atoms with Gasteiger partial charge in [0, 0.05) is 32.2 Å². The molecular formula is C15H24ClFN2. The van der Waals surface area contributed by atoms with Crippen molar-refractivity contribution in [3.8, 4) is 0 Å². The van der Waals surface area contributed by atoms with E-state index < -0.39 is 0 Å². The summed E-state index contributed by atoms with van der Waals surface area (Å²) in [5.41, 5.74) is 3.81. The fourth-order valence-electron chi connectivity index (χ4n) is 2.86. The second-order valence-corrected chi connectivity index (χ2v) is 5.20. The average molecular weight is 287 g/mol. The van der Waals surface area contributed by atoms with Crippen LogP contribution in [0.25, 0.3) is 0 Å². The van der Waals surface area contributed by atoms with Crippen LogP contribution in [0.3, 0.4) is 0 Å². The molecule has 0 aromatic heterocycles. The maximum Gasteiger partial charge on any atom is 0.0912 e. The highest BCUT2D eigenvalue weighted by molar-refractivity contribution is 5.85. The van der Waals surface area contributed by atoms with Crippen LogP contribution in [0.1, 0.15) is 29.2 Å². The van der Waals surface area contributed by atoms with Gasteiger partial charge in [0.05, 0.1) is 6.67 Å². The van der Waals surface area contributed by atoms with Gasteiger partial charge in [-0.05, 0) is 25.8 Å². The summed E-state index contributed by atoms with van der Waals surface area (Å²) in [4.78, 5) is 2.41. The Hall–Kier alpha value is -0.640. The SMILES string of the molecule is Cc1cc(C)cc([C@@H](CCF)N2CCNCC2)c1.Cl. The van der Waals surface area contributed by atoms with Crippen LogP contribution in [0, 0.1) is 13.8 Å². The van der Waals surface area contributed by atoms with Gasteiger partial charge >= 0.3 is 0 Å². The van der Waals surface area contributed by atoms with Gasteiger partial charge in [0.15, 0.2) is 0 Å². The Morgan fingerprint density at radius 1 is 1.16 bits per heavy atom. The van der Waals surface area contributed by atoms with E-state index in [4.69, 9.17) is 0 Å². The largest absolute Gasteiger partial charge is 0.314 e. The van der Waals surface area contributed by atoms with Crippen molar-refractivity contribution < 1.29 is 4.39 Å². The number of rotatable bonds is 4. The van der Waals surface area contributed by atoms with E-state index in [-0.39, 0.29) is 25.1 Å². The Morgan fingerprint density at radius 2 is 1.74 bits per heavy atom. The molecule has 1 N–H and O–H groups in total. The lowest BCUT2D eigenvalue weighted by molar-refractivity contribution is 0.157. The molecule has 0 unspecified atom stereocenters. The van der Waals surface area contributed by atoms with Gasteiger partial charge in [-0.25, -0.2) is 0 Å². The molecule has 0 bridgehead atoms. The Kier molecular flexibility index (Phi) is 6.76. The summed E-state index contributed by atoms with van der Waals surface area (Å²) in [7, 11) is 0. The van der Waals surface area contributed by atoms with Crippen molar-refractivity contribution in [2.45, 2.75) is 26.3 Å². The van der Waals surface area contributed by atoms with E-state index in [1.165, 1.54) is 16.7 Å². The van der Waals surface area contributed by atoms with E-state index in [9.17, 15) is 4.39 Å². The van der Waals surface area contributed by atoms with Gasteiger partial charge in [-0.2, -0.15) is 0 Å². The third kappa shape index (κ3) is 4.44. The van der Waals surface area contributed by atoms with Gasteiger partial charge in [-0.3, -0.25) is 9.29 Å². The maximum absolute atomic E-state index is 12.8. The zero-order chi connectivity index (χ0) is 13.0. The van der Waals surface area contributed by atoms with Crippen molar-refractivity contribution in [3.05, 3.63) is 34.9 Å². The molecule has 2 nitrogen and oxygen atoms in total. The van der Waals surface area contributed by atoms with Gasteiger partial charge in [-0.1, -0.05) is 29.3 Å². The highest BCUT2D eigenvalue weighted by Crippen LogP contribution is 2.26. The molecule has 1 atom stereocenters. The summed E-state index contributed by atoms with van der Waals surface area (Å²) in [6.45, 7) is 8.01. The lowest BCUT2D eigenvalue weighted by Crippen LogP contribution is -2.45. The number of benzene rings is 1. The number of aryl methyl sites for hydroxylation is 2. The van der Waals surface area contributed by atoms with Crippen molar-refractivity contribution in [1.29, 1.82) is 0 Å². The predicted molar refractivity (Wildman–Crippen MR) is 80.9 cm³/mol. The fraction of sp³-hybridized carbons (Fsp3) is 0.600. The van der Waals surface area contributed by atoms with Gasteiger partial charge < -0.3 is 5.32 Å². The third-order valence-corrected chi connectivity index (χ3v) is 3.60. The number of nitrogens with zero attached hydrogens (tertiary/aromatic N) is 1.